The second kappa shape index (κ2) is 7.22. The number of halogens is 2. The quantitative estimate of drug-likeness (QED) is 0.562. The third kappa shape index (κ3) is 4.27. The Morgan fingerprint density at radius 1 is 1.29 bits per heavy atom. The Morgan fingerprint density at radius 2 is 1.96 bits per heavy atom. The highest BCUT2D eigenvalue weighted by Crippen LogP contribution is 2.31. The maximum Gasteiger partial charge on any atom is 0.410 e. The molecule has 0 spiro atoms. The fraction of sp³-hybridized carbons (Fsp3) is 0.526. The molecule has 0 N–H and O–H groups in total. The molecule has 0 atom stereocenters. The number of carbonyl (C=O) groups excluding carboxylic acids is 2. The van der Waals surface area contributed by atoms with Crippen molar-refractivity contribution in [3.8, 4) is 0 Å². The minimum Gasteiger partial charge on any atom is -0.448 e. The molecule has 152 valence electrons. The van der Waals surface area contributed by atoms with Gasteiger partial charge in [0.15, 0.2) is 11.3 Å². The molecule has 3 heterocycles. The van der Waals surface area contributed by atoms with Crippen molar-refractivity contribution in [3.63, 3.8) is 0 Å². The van der Waals surface area contributed by atoms with E-state index in [0.717, 1.165) is 0 Å². The number of hydrogen-bond donors (Lipinski definition) is 0. The van der Waals surface area contributed by atoms with Gasteiger partial charge >= 0.3 is 6.09 Å². The van der Waals surface area contributed by atoms with Crippen LogP contribution in [0.15, 0.2) is 21.0 Å². The third-order valence-electron chi connectivity index (χ3n) is 4.41. The van der Waals surface area contributed by atoms with Gasteiger partial charge in [-0.15, -0.1) is 0 Å². The highest BCUT2D eigenvalue weighted by atomic mass is 79.9. The van der Waals surface area contributed by atoms with Crippen LogP contribution >= 0.6 is 27.5 Å². The lowest BCUT2D eigenvalue weighted by molar-refractivity contribution is -0.0117. The first-order chi connectivity index (χ1) is 12.9. The fourth-order valence-electron chi connectivity index (χ4n) is 3.21. The standard InChI is InChI=1S/C19H23BrClN3O4/c1-18(2,3)28-17(26)23-6-7-24(19(4,5)10-23)16(25)13-9-12-15(27-13)11(20)8-14(21)22-12/h8-9H,6-7,10H2,1-5H3. The smallest absolute Gasteiger partial charge is 0.410 e. The summed E-state index contributed by atoms with van der Waals surface area (Å²) in [6, 6.07) is 3.20. The Morgan fingerprint density at radius 3 is 2.57 bits per heavy atom. The average Bonchev–Trinajstić information content (AvgIpc) is 2.96. The number of piperazine rings is 1. The highest BCUT2D eigenvalue weighted by Gasteiger charge is 2.40. The monoisotopic (exact) mass is 471 g/mol. The van der Waals surface area contributed by atoms with Crippen molar-refractivity contribution in [2.24, 2.45) is 0 Å². The lowest BCUT2D eigenvalue weighted by Gasteiger charge is -2.46. The Kier molecular flexibility index (Phi) is 5.40. The van der Waals surface area contributed by atoms with Crippen molar-refractivity contribution in [1.29, 1.82) is 0 Å². The van der Waals surface area contributed by atoms with Gasteiger partial charge in [0.05, 0.1) is 10.0 Å². The van der Waals surface area contributed by atoms with Crippen LogP contribution in [0, 0.1) is 0 Å². The van der Waals surface area contributed by atoms with Gasteiger partial charge in [-0.25, -0.2) is 9.78 Å². The zero-order valence-corrected chi connectivity index (χ0v) is 18.8. The van der Waals surface area contributed by atoms with Crippen LogP contribution in [0.25, 0.3) is 11.1 Å². The molecule has 0 aliphatic carbocycles. The lowest BCUT2D eigenvalue weighted by Crippen LogP contribution is -2.62. The lowest BCUT2D eigenvalue weighted by atomic mass is 9.98. The summed E-state index contributed by atoms with van der Waals surface area (Å²) in [7, 11) is 0. The minimum absolute atomic E-state index is 0.184. The van der Waals surface area contributed by atoms with Gasteiger partial charge in [-0.05, 0) is 56.6 Å². The van der Waals surface area contributed by atoms with E-state index in [9.17, 15) is 9.59 Å². The van der Waals surface area contributed by atoms with E-state index in [4.69, 9.17) is 20.8 Å². The van der Waals surface area contributed by atoms with E-state index in [2.05, 4.69) is 20.9 Å². The summed E-state index contributed by atoms with van der Waals surface area (Å²) in [5.41, 5.74) is -0.177. The van der Waals surface area contributed by atoms with Crippen molar-refractivity contribution in [3.05, 3.63) is 27.5 Å². The summed E-state index contributed by atoms with van der Waals surface area (Å²) >= 11 is 9.35. The van der Waals surface area contributed by atoms with Crippen molar-refractivity contribution in [2.45, 2.75) is 45.8 Å². The first-order valence-electron chi connectivity index (χ1n) is 8.93. The summed E-state index contributed by atoms with van der Waals surface area (Å²) in [6.07, 6.45) is -0.376. The topological polar surface area (TPSA) is 75.9 Å². The van der Waals surface area contributed by atoms with E-state index in [1.54, 1.807) is 21.9 Å². The van der Waals surface area contributed by atoms with Gasteiger partial charge in [-0.3, -0.25) is 4.79 Å². The SMILES string of the molecule is CC(C)(C)OC(=O)N1CCN(C(=O)c2cc3nc(Cl)cc(Br)c3o2)C(C)(C)C1. The number of aromatic nitrogens is 1. The van der Waals surface area contributed by atoms with Crippen molar-refractivity contribution in [1.82, 2.24) is 14.8 Å². The normalized spacial score (nSPS) is 17.1. The number of furan rings is 1. The van der Waals surface area contributed by atoms with Gasteiger partial charge in [0.2, 0.25) is 0 Å². The number of nitrogens with zero attached hydrogens (tertiary/aromatic N) is 3. The second-order valence-electron chi connectivity index (χ2n) is 8.42. The molecule has 1 aliphatic heterocycles. The van der Waals surface area contributed by atoms with E-state index < -0.39 is 11.1 Å². The number of ether oxygens (including phenoxy) is 1. The Hall–Kier alpha value is -1.80. The summed E-state index contributed by atoms with van der Waals surface area (Å²) in [4.78, 5) is 33.0. The highest BCUT2D eigenvalue weighted by molar-refractivity contribution is 9.10. The van der Waals surface area contributed by atoms with E-state index >= 15 is 0 Å². The number of pyridine rings is 1. The van der Waals surface area contributed by atoms with E-state index in [1.807, 2.05) is 34.6 Å². The number of rotatable bonds is 1. The molecule has 1 fully saturated rings. The van der Waals surface area contributed by atoms with Crippen molar-refractivity contribution >= 4 is 50.6 Å². The number of fused-ring (bicyclic) bond motifs is 1. The molecule has 2 amide bonds. The summed E-state index contributed by atoms with van der Waals surface area (Å²) < 4.78 is 11.8. The van der Waals surface area contributed by atoms with Gasteiger partial charge in [0.1, 0.15) is 16.3 Å². The molecular weight excluding hydrogens is 450 g/mol. The summed E-state index contributed by atoms with van der Waals surface area (Å²) in [6.45, 7) is 10.4. The van der Waals surface area contributed by atoms with E-state index in [-0.39, 0.29) is 17.8 Å². The Bertz CT molecular complexity index is 935. The van der Waals surface area contributed by atoms with Crippen LogP contribution in [0.5, 0.6) is 0 Å². The van der Waals surface area contributed by atoms with E-state index in [1.165, 1.54) is 0 Å². The number of amides is 2. The predicted molar refractivity (Wildman–Crippen MR) is 110 cm³/mol. The Balaban J connectivity index is 1.80. The molecule has 0 bridgehead atoms. The molecule has 3 rings (SSSR count). The van der Waals surface area contributed by atoms with Gasteiger partial charge in [0, 0.05) is 25.7 Å². The predicted octanol–water partition coefficient (Wildman–Crippen LogP) is 4.72. The molecule has 0 unspecified atom stereocenters. The van der Waals surface area contributed by atoms with Crippen molar-refractivity contribution in [2.75, 3.05) is 19.6 Å². The molecule has 9 heteroatoms. The van der Waals surface area contributed by atoms with Crippen molar-refractivity contribution < 1.29 is 18.7 Å². The zero-order chi connectivity index (χ0) is 20.9. The van der Waals surface area contributed by atoms with E-state index in [0.29, 0.717) is 40.4 Å². The molecule has 2 aromatic heterocycles. The largest absolute Gasteiger partial charge is 0.448 e. The second-order valence-corrected chi connectivity index (χ2v) is 9.66. The number of carbonyl (C=O) groups is 2. The summed E-state index contributed by atoms with van der Waals surface area (Å²) in [5.74, 6) is -0.0703. The van der Waals surface area contributed by atoms with Crippen LogP contribution in [-0.2, 0) is 4.74 Å². The van der Waals surface area contributed by atoms with Gasteiger partial charge in [-0.2, -0.15) is 0 Å². The molecule has 1 saturated heterocycles. The number of hydrogen-bond acceptors (Lipinski definition) is 5. The van der Waals surface area contributed by atoms with Crippen LogP contribution < -0.4 is 0 Å². The average molecular weight is 473 g/mol. The molecule has 7 nitrogen and oxygen atoms in total. The molecule has 2 aromatic rings. The molecule has 0 saturated carbocycles. The first kappa shape index (κ1) is 20.9. The molecule has 1 aliphatic rings. The van der Waals surface area contributed by atoms with Crippen LogP contribution in [-0.4, -0.2) is 57.6 Å². The maximum atomic E-state index is 13.1. The zero-order valence-electron chi connectivity index (χ0n) is 16.5. The molecule has 0 radical (unpaired) electrons. The minimum atomic E-state index is -0.590. The molecule has 28 heavy (non-hydrogen) atoms. The third-order valence-corrected chi connectivity index (χ3v) is 5.19. The van der Waals surface area contributed by atoms with Gasteiger partial charge < -0.3 is 19.0 Å². The van der Waals surface area contributed by atoms with Crippen LogP contribution in [0.2, 0.25) is 5.15 Å². The first-order valence-corrected chi connectivity index (χ1v) is 10.1. The van der Waals surface area contributed by atoms with Gasteiger partial charge in [-0.1, -0.05) is 11.6 Å². The Labute approximate surface area is 177 Å². The fourth-order valence-corrected chi connectivity index (χ4v) is 4.04. The maximum absolute atomic E-state index is 13.1. The molecular formula is C19H23BrClN3O4. The van der Waals surface area contributed by atoms with Crippen LogP contribution in [0.1, 0.15) is 45.2 Å². The summed E-state index contributed by atoms with van der Waals surface area (Å²) in [5, 5.41) is 0.311. The van der Waals surface area contributed by atoms with Crippen LogP contribution in [0.3, 0.4) is 0 Å². The molecule has 0 aromatic carbocycles. The van der Waals surface area contributed by atoms with Gasteiger partial charge in [0.25, 0.3) is 5.91 Å². The van der Waals surface area contributed by atoms with Crippen LogP contribution in [0.4, 0.5) is 4.79 Å².